The van der Waals surface area contributed by atoms with Gasteiger partial charge in [0.2, 0.25) is 11.8 Å². The number of hydrogen-bond acceptors (Lipinski definition) is 4. The molecular weight excluding hydrogens is 449 g/mol. The fourth-order valence-corrected chi connectivity index (χ4v) is 4.01. The third kappa shape index (κ3) is 4.76. The van der Waals surface area contributed by atoms with Gasteiger partial charge < -0.3 is 10.6 Å². The lowest BCUT2D eigenvalue weighted by molar-refractivity contribution is -0.119. The minimum atomic E-state index is -0.136. The van der Waals surface area contributed by atoms with Gasteiger partial charge in [0.05, 0.1) is 10.2 Å². The van der Waals surface area contributed by atoms with Gasteiger partial charge in [-0.15, -0.1) is 11.3 Å². The maximum Gasteiger partial charge on any atom is 0.226 e. The number of rotatable bonds is 5. The maximum atomic E-state index is 11.8. The van der Waals surface area contributed by atoms with Gasteiger partial charge in [-0.25, -0.2) is 4.98 Å². The van der Waals surface area contributed by atoms with E-state index in [9.17, 15) is 9.59 Å². The molecule has 0 fully saturated rings. The molecule has 0 bridgehead atoms. The minimum absolute atomic E-state index is 0.129. The summed E-state index contributed by atoms with van der Waals surface area (Å²) in [4.78, 5) is 27.3. The number of anilines is 1. The van der Waals surface area contributed by atoms with Crippen LogP contribution in [-0.4, -0.2) is 23.3 Å². The van der Waals surface area contributed by atoms with Crippen molar-refractivity contribution in [2.24, 2.45) is 0 Å². The van der Waals surface area contributed by atoms with Crippen LogP contribution in [0.5, 0.6) is 0 Å². The molecule has 0 unspecified atom stereocenters. The molecule has 2 aromatic carbocycles. The Bertz CT molecular complexity index is 922. The number of carbonyl (C=O) groups is 2. The fraction of sp³-hybridized carbons (Fsp3) is 0.167. The molecule has 3 aromatic rings. The zero-order chi connectivity index (χ0) is 17.8. The molecule has 1 aromatic heterocycles. The number of carbonyl (C=O) groups excluding carboxylic acids is 2. The van der Waals surface area contributed by atoms with Crippen LogP contribution in [0.4, 0.5) is 5.69 Å². The molecule has 1 heterocycles. The Morgan fingerprint density at radius 2 is 1.92 bits per heavy atom. The van der Waals surface area contributed by atoms with Crippen LogP contribution in [0.25, 0.3) is 20.8 Å². The molecule has 5 nitrogen and oxygen atoms in total. The summed E-state index contributed by atoms with van der Waals surface area (Å²) in [5, 5.41) is 6.38. The number of thiazole rings is 1. The smallest absolute Gasteiger partial charge is 0.226 e. The van der Waals surface area contributed by atoms with E-state index in [4.69, 9.17) is 0 Å². The quantitative estimate of drug-likeness (QED) is 0.559. The number of halogens is 1. The first-order valence-electron chi connectivity index (χ1n) is 7.72. The third-order valence-electron chi connectivity index (χ3n) is 3.49. The largest absolute Gasteiger partial charge is 0.356 e. The lowest BCUT2D eigenvalue weighted by atomic mass is 10.2. The number of benzene rings is 2. The zero-order valence-electron chi connectivity index (χ0n) is 13.5. The molecule has 2 N–H and O–H groups in total. The van der Waals surface area contributed by atoms with Crippen molar-refractivity contribution in [2.45, 2.75) is 13.3 Å². The van der Waals surface area contributed by atoms with Crippen LogP contribution < -0.4 is 10.6 Å². The second kappa shape index (κ2) is 7.92. The summed E-state index contributed by atoms with van der Waals surface area (Å²) < 4.78 is 2.36. The molecule has 128 valence electrons. The van der Waals surface area contributed by atoms with Crippen molar-refractivity contribution in [3.8, 4) is 10.6 Å². The van der Waals surface area contributed by atoms with E-state index in [-0.39, 0.29) is 18.2 Å². The van der Waals surface area contributed by atoms with Crippen LogP contribution >= 0.6 is 33.9 Å². The second-order valence-corrected chi connectivity index (χ2v) is 7.77. The molecule has 0 saturated heterocycles. The molecule has 25 heavy (non-hydrogen) atoms. The van der Waals surface area contributed by atoms with E-state index < -0.39 is 0 Å². The van der Waals surface area contributed by atoms with Gasteiger partial charge in [0.15, 0.2) is 0 Å². The molecule has 0 radical (unpaired) electrons. The molecule has 0 saturated carbocycles. The Morgan fingerprint density at radius 1 is 1.16 bits per heavy atom. The van der Waals surface area contributed by atoms with Crippen molar-refractivity contribution in [1.82, 2.24) is 10.3 Å². The van der Waals surface area contributed by atoms with Gasteiger partial charge in [-0.1, -0.05) is 0 Å². The molecule has 0 atom stereocenters. The van der Waals surface area contributed by atoms with Gasteiger partial charge in [-0.2, -0.15) is 0 Å². The van der Waals surface area contributed by atoms with Gasteiger partial charge in [-0.05, 0) is 65.1 Å². The fourth-order valence-electron chi connectivity index (χ4n) is 2.29. The summed E-state index contributed by atoms with van der Waals surface area (Å²) in [6.45, 7) is 1.77. The maximum absolute atomic E-state index is 11.8. The van der Waals surface area contributed by atoms with Gasteiger partial charge in [0, 0.05) is 34.7 Å². The van der Waals surface area contributed by atoms with E-state index in [0.717, 1.165) is 26.5 Å². The summed E-state index contributed by atoms with van der Waals surface area (Å²) in [6, 6.07) is 13.8. The van der Waals surface area contributed by atoms with E-state index in [1.54, 1.807) is 11.3 Å². The minimum Gasteiger partial charge on any atom is -0.356 e. The topological polar surface area (TPSA) is 71.1 Å². The second-order valence-electron chi connectivity index (χ2n) is 5.49. The third-order valence-corrected chi connectivity index (χ3v) is 5.23. The molecule has 2 amide bonds. The summed E-state index contributed by atoms with van der Waals surface area (Å²) in [5.41, 5.74) is 2.75. The predicted molar refractivity (Wildman–Crippen MR) is 110 cm³/mol. The van der Waals surface area contributed by atoms with Crippen molar-refractivity contribution in [1.29, 1.82) is 0 Å². The first-order chi connectivity index (χ1) is 12.0. The van der Waals surface area contributed by atoms with Crippen molar-refractivity contribution >= 4 is 61.6 Å². The van der Waals surface area contributed by atoms with Crippen LogP contribution in [0.2, 0.25) is 0 Å². The highest BCUT2D eigenvalue weighted by atomic mass is 127. The standard InChI is InChI=1S/C18H16IN3O2S/c1-11(23)20-9-8-17(24)21-14-5-2-12(3-6-14)18-22-15-7-4-13(19)10-16(15)25-18/h2-7,10H,8-9H2,1H3,(H,20,23)(H,21,24). The number of aromatic nitrogens is 1. The van der Waals surface area contributed by atoms with E-state index in [1.165, 1.54) is 10.5 Å². The molecule has 0 aliphatic heterocycles. The van der Waals surface area contributed by atoms with Crippen LogP contribution in [0.15, 0.2) is 42.5 Å². The number of nitrogens with one attached hydrogen (secondary N) is 2. The van der Waals surface area contributed by atoms with Gasteiger partial charge in [0.25, 0.3) is 0 Å². The average molecular weight is 465 g/mol. The molecule has 7 heteroatoms. The lowest BCUT2D eigenvalue weighted by Crippen LogP contribution is -2.25. The monoisotopic (exact) mass is 465 g/mol. The first-order valence-corrected chi connectivity index (χ1v) is 9.61. The Balaban J connectivity index is 1.66. The Kier molecular flexibility index (Phi) is 5.64. The van der Waals surface area contributed by atoms with Crippen molar-refractivity contribution in [2.75, 3.05) is 11.9 Å². The van der Waals surface area contributed by atoms with E-state index in [1.807, 2.05) is 36.4 Å². The van der Waals surface area contributed by atoms with Crippen molar-refractivity contribution in [3.63, 3.8) is 0 Å². The molecule has 0 aliphatic carbocycles. The normalized spacial score (nSPS) is 10.6. The summed E-state index contributed by atoms with van der Waals surface area (Å²) >= 11 is 3.95. The molecule has 3 rings (SSSR count). The van der Waals surface area contributed by atoms with E-state index in [2.05, 4.69) is 44.3 Å². The average Bonchev–Trinajstić information content (AvgIpc) is 2.98. The SMILES string of the molecule is CC(=O)NCCC(=O)Nc1ccc(-c2nc3ccc(I)cc3s2)cc1. The van der Waals surface area contributed by atoms with Gasteiger partial charge >= 0.3 is 0 Å². The predicted octanol–water partition coefficient (Wildman–Crippen LogP) is 4.03. The summed E-state index contributed by atoms with van der Waals surface area (Å²) in [7, 11) is 0. The number of nitrogens with zero attached hydrogens (tertiary/aromatic N) is 1. The van der Waals surface area contributed by atoms with E-state index in [0.29, 0.717) is 6.54 Å². The lowest BCUT2D eigenvalue weighted by Gasteiger charge is -2.06. The number of amides is 2. The Hall–Kier alpha value is -2.00. The van der Waals surface area contributed by atoms with Gasteiger partial charge in [-0.3, -0.25) is 9.59 Å². The molecular formula is C18H16IN3O2S. The zero-order valence-corrected chi connectivity index (χ0v) is 16.5. The van der Waals surface area contributed by atoms with Gasteiger partial charge in [0.1, 0.15) is 5.01 Å². The van der Waals surface area contributed by atoms with Crippen LogP contribution in [0, 0.1) is 3.57 Å². The number of fused-ring (bicyclic) bond motifs is 1. The Labute approximate surface area is 163 Å². The van der Waals surface area contributed by atoms with Crippen molar-refractivity contribution < 1.29 is 9.59 Å². The highest BCUT2D eigenvalue weighted by Crippen LogP contribution is 2.31. The Morgan fingerprint density at radius 3 is 2.64 bits per heavy atom. The van der Waals surface area contributed by atoms with Crippen molar-refractivity contribution in [3.05, 3.63) is 46.0 Å². The molecule has 0 spiro atoms. The van der Waals surface area contributed by atoms with E-state index >= 15 is 0 Å². The van der Waals surface area contributed by atoms with Crippen LogP contribution in [-0.2, 0) is 9.59 Å². The summed E-state index contributed by atoms with van der Waals surface area (Å²) in [6.07, 6.45) is 0.248. The molecule has 0 aliphatic rings. The number of hydrogen-bond donors (Lipinski definition) is 2. The highest BCUT2D eigenvalue weighted by Gasteiger charge is 2.08. The highest BCUT2D eigenvalue weighted by molar-refractivity contribution is 14.1. The van der Waals surface area contributed by atoms with Crippen LogP contribution in [0.3, 0.4) is 0 Å². The first kappa shape index (κ1) is 17.8. The summed E-state index contributed by atoms with van der Waals surface area (Å²) in [5.74, 6) is -0.265. The van der Waals surface area contributed by atoms with Crippen LogP contribution in [0.1, 0.15) is 13.3 Å².